The van der Waals surface area contributed by atoms with Crippen molar-refractivity contribution in [3.63, 3.8) is 0 Å². The Bertz CT molecular complexity index is 1680. The number of carboxylic acids is 1. The molecule has 1 aliphatic carbocycles. The number of terminal acetylenes is 1. The van der Waals surface area contributed by atoms with E-state index < -0.39 is 11.9 Å². The van der Waals surface area contributed by atoms with E-state index in [4.69, 9.17) is 10.2 Å². The Morgan fingerprint density at radius 1 is 0.943 bits per heavy atom. The molecule has 11 nitrogen and oxygen atoms in total. The molecule has 0 bridgehead atoms. The van der Waals surface area contributed by atoms with Gasteiger partial charge in [-0.05, 0) is 80.3 Å². The number of rotatable bonds is 14. The van der Waals surface area contributed by atoms with Gasteiger partial charge in [0.15, 0.2) is 5.69 Å². The highest BCUT2D eigenvalue weighted by Gasteiger charge is 2.32. The fraction of sp³-hybridized carbons (Fsp3) is 0.500. The van der Waals surface area contributed by atoms with Crippen LogP contribution in [0.15, 0.2) is 48.5 Å². The highest BCUT2D eigenvalue weighted by Crippen LogP contribution is 2.33. The molecular formula is C42H57N5O6. The van der Waals surface area contributed by atoms with E-state index in [1.165, 1.54) is 5.56 Å². The number of unbranched alkanes of at least 4 members (excludes halogenated alkanes) is 2. The van der Waals surface area contributed by atoms with Crippen LogP contribution in [-0.4, -0.2) is 80.2 Å². The van der Waals surface area contributed by atoms with Gasteiger partial charge < -0.3 is 25.3 Å². The molecule has 2 aromatic carbocycles. The molecule has 11 heteroatoms. The lowest BCUT2D eigenvalue weighted by atomic mass is 9.78. The van der Waals surface area contributed by atoms with Crippen LogP contribution in [0.5, 0.6) is 0 Å². The van der Waals surface area contributed by atoms with Crippen molar-refractivity contribution in [3.05, 3.63) is 76.6 Å². The number of hydrogen-bond acceptors (Lipinski definition) is 6. The number of benzene rings is 2. The van der Waals surface area contributed by atoms with Gasteiger partial charge in [0.2, 0.25) is 5.91 Å². The van der Waals surface area contributed by atoms with Gasteiger partial charge in [0.05, 0.1) is 23.6 Å². The third-order valence-corrected chi connectivity index (χ3v) is 10.0. The molecule has 3 N–H and O–H groups in total. The van der Waals surface area contributed by atoms with Gasteiger partial charge >= 0.3 is 5.97 Å². The Morgan fingerprint density at radius 2 is 1.58 bits per heavy atom. The fourth-order valence-corrected chi connectivity index (χ4v) is 7.24. The summed E-state index contributed by atoms with van der Waals surface area (Å²) in [6.07, 6.45) is 17.0. The van der Waals surface area contributed by atoms with Crippen molar-refractivity contribution in [2.45, 2.75) is 97.9 Å². The monoisotopic (exact) mass is 727 g/mol. The summed E-state index contributed by atoms with van der Waals surface area (Å²) in [5, 5.41) is 24.4. The SMILES string of the molecule is C#C.CCCCN(CCCC)C(=O)c1cc(C)n(-c2ccc(NC(=O)C(CC(=O)O)C3CCCCC3)cc2C(=O)N2CCc3ccccc3C2)n1.CO. The van der Waals surface area contributed by atoms with Crippen LogP contribution in [-0.2, 0) is 22.6 Å². The van der Waals surface area contributed by atoms with Crippen molar-refractivity contribution in [1.82, 2.24) is 19.6 Å². The molecule has 0 spiro atoms. The molecule has 53 heavy (non-hydrogen) atoms. The van der Waals surface area contributed by atoms with Gasteiger partial charge in [0.1, 0.15) is 0 Å². The molecular weight excluding hydrogens is 670 g/mol. The highest BCUT2D eigenvalue weighted by molar-refractivity contribution is 6.01. The first-order chi connectivity index (χ1) is 25.7. The van der Waals surface area contributed by atoms with Crippen LogP contribution in [0.3, 0.4) is 0 Å². The lowest BCUT2D eigenvalue weighted by Crippen LogP contribution is -2.36. The average molecular weight is 728 g/mol. The largest absolute Gasteiger partial charge is 0.481 e. The number of carbonyl (C=O) groups is 4. The average Bonchev–Trinajstić information content (AvgIpc) is 3.59. The number of nitrogens with zero attached hydrogens (tertiary/aromatic N) is 4. The van der Waals surface area contributed by atoms with Crippen molar-refractivity contribution < 1.29 is 29.4 Å². The quantitative estimate of drug-likeness (QED) is 0.153. The summed E-state index contributed by atoms with van der Waals surface area (Å²) in [6.45, 7) is 8.41. The summed E-state index contributed by atoms with van der Waals surface area (Å²) in [4.78, 5) is 57.1. The minimum absolute atomic E-state index is 0.00976. The summed E-state index contributed by atoms with van der Waals surface area (Å²) in [7, 11) is 1.00. The second kappa shape index (κ2) is 21.5. The molecule has 0 saturated heterocycles. The summed E-state index contributed by atoms with van der Waals surface area (Å²) in [5.74, 6) is -2.30. The minimum Gasteiger partial charge on any atom is -0.481 e. The third kappa shape index (κ3) is 11.3. The number of aromatic nitrogens is 2. The molecule has 3 amide bonds. The molecule has 1 unspecified atom stereocenters. The van der Waals surface area contributed by atoms with Crippen molar-refractivity contribution in [3.8, 4) is 18.5 Å². The summed E-state index contributed by atoms with van der Waals surface area (Å²) in [5.41, 5.74) is 4.65. The third-order valence-electron chi connectivity index (χ3n) is 10.0. The number of carbonyl (C=O) groups excluding carboxylic acids is 3. The number of aliphatic hydroxyl groups is 1. The van der Waals surface area contributed by atoms with Gasteiger partial charge in [-0.15, -0.1) is 12.8 Å². The van der Waals surface area contributed by atoms with Crippen LogP contribution in [0, 0.1) is 31.6 Å². The zero-order chi connectivity index (χ0) is 38.9. The molecule has 3 aromatic rings. The van der Waals surface area contributed by atoms with Gasteiger partial charge in [0, 0.05) is 44.7 Å². The maximum absolute atomic E-state index is 14.4. The molecule has 1 aliphatic heterocycles. The molecule has 2 aliphatic rings. The van der Waals surface area contributed by atoms with E-state index >= 15 is 0 Å². The predicted octanol–water partition coefficient (Wildman–Crippen LogP) is 6.89. The maximum Gasteiger partial charge on any atom is 0.304 e. The van der Waals surface area contributed by atoms with Crippen molar-refractivity contribution in [2.24, 2.45) is 11.8 Å². The van der Waals surface area contributed by atoms with Crippen molar-refractivity contribution >= 4 is 29.4 Å². The second-order valence-corrected chi connectivity index (χ2v) is 13.7. The Kier molecular flexibility index (Phi) is 17.3. The standard InChI is InChI=1S/C39H51N5O5.C2H2.CH4O/c1-4-6-20-42(21-7-5-2)39(49)34-23-27(3)44(41-34)35-18-17-31(40-37(47)32(25-36(45)46)29-14-9-8-10-15-29)24-33(35)38(48)43-22-19-28-13-11-12-16-30(28)26-43;2*1-2/h11-13,16-18,23-24,29,32H,4-10,14-15,19-22,25-26H2,1-3H3,(H,40,47)(H,45,46);1-2H;2H,1H3. The molecule has 2 heterocycles. The van der Waals surface area contributed by atoms with Crippen molar-refractivity contribution in [2.75, 3.05) is 32.1 Å². The van der Waals surface area contributed by atoms with Gasteiger partial charge in [-0.25, -0.2) is 4.68 Å². The lowest BCUT2D eigenvalue weighted by molar-refractivity contribution is -0.141. The number of aryl methyl sites for hydroxylation is 1. The van der Waals surface area contributed by atoms with Gasteiger partial charge in [0.25, 0.3) is 11.8 Å². The molecule has 1 saturated carbocycles. The molecule has 286 valence electrons. The number of anilines is 1. The van der Waals surface area contributed by atoms with Gasteiger partial charge in [-0.3, -0.25) is 19.2 Å². The molecule has 5 rings (SSSR count). The van der Waals surface area contributed by atoms with Crippen LogP contribution < -0.4 is 5.32 Å². The Hall–Kier alpha value is -4.95. The van der Waals surface area contributed by atoms with E-state index in [0.29, 0.717) is 54.5 Å². The number of carboxylic acid groups (broad SMARTS) is 1. The zero-order valence-electron chi connectivity index (χ0n) is 31.9. The summed E-state index contributed by atoms with van der Waals surface area (Å²) in [6, 6.07) is 15.0. The zero-order valence-corrected chi connectivity index (χ0v) is 31.9. The number of hydrogen-bond donors (Lipinski definition) is 3. The first-order valence-electron chi connectivity index (χ1n) is 18.9. The molecule has 1 atom stereocenters. The maximum atomic E-state index is 14.4. The van der Waals surface area contributed by atoms with Crippen molar-refractivity contribution in [1.29, 1.82) is 0 Å². The summed E-state index contributed by atoms with van der Waals surface area (Å²) < 4.78 is 1.65. The van der Waals surface area contributed by atoms with Crippen LogP contribution in [0.1, 0.15) is 116 Å². The molecule has 0 radical (unpaired) electrons. The normalized spacial score (nSPS) is 14.4. The lowest BCUT2D eigenvalue weighted by Gasteiger charge is -2.30. The topological polar surface area (TPSA) is 145 Å². The number of aliphatic hydroxyl groups excluding tert-OH is 1. The smallest absolute Gasteiger partial charge is 0.304 e. The second-order valence-electron chi connectivity index (χ2n) is 13.7. The van der Waals surface area contributed by atoms with Crippen LogP contribution in [0.25, 0.3) is 5.69 Å². The highest BCUT2D eigenvalue weighted by atomic mass is 16.4. The van der Waals surface area contributed by atoms with Gasteiger partial charge in [-0.1, -0.05) is 70.2 Å². The van der Waals surface area contributed by atoms with E-state index in [1.54, 1.807) is 28.9 Å². The summed E-state index contributed by atoms with van der Waals surface area (Å²) >= 11 is 0. The van der Waals surface area contributed by atoms with Crippen LogP contribution >= 0.6 is 0 Å². The van der Waals surface area contributed by atoms with E-state index in [-0.39, 0.29) is 30.1 Å². The number of nitrogens with one attached hydrogen (secondary N) is 1. The fourth-order valence-electron chi connectivity index (χ4n) is 7.24. The van der Waals surface area contributed by atoms with Crippen LogP contribution in [0.4, 0.5) is 5.69 Å². The Balaban J connectivity index is 0.00000183. The Labute approximate surface area is 314 Å². The van der Waals surface area contributed by atoms with E-state index in [9.17, 15) is 24.3 Å². The van der Waals surface area contributed by atoms with Crippen LogP contribution in [0.2, 0.25) is 0 Å². The van der Waals surface area contributed by atoms with E-state index in [1.807, 2.05) is 34.9 Å². The first-order valence-corrected chi connectivity index (χ1v) is 18.9. The van der Waals surface area contributed by atoms with Gasteiger partial charge in [-0.2, -0.15) is 5.10 Å². The predicted molar refractivity (Wildman–Crippen MR) is 208 cm³/mol. The van der Waals surface area contributed by atoms with E-state index in [2.05, 4.69) is 38.1 Å². The minimum atomic E-state index is -0.996. The Morgan fingerprint density at radius 3 is 2.21 bits per heavy atom. The first kappa shape index (κ1) is 42.5. The molecule has 1 aromatic heterocycles. The molecule has 1 fully saturated rings. The number of fused-ring (bicyclic) bond motifs is 1. The van der Waals surface area contributed by atoms with E-state index in [0.717, 1.165) is 76.9 Å². The number of amides is 3. The number of aliphatic carboxylic acids is 1.